The minimum atomic E-state index is -0.901. The highest BCUT2D eigenvalue weighted by Gasteiger charge is 2.60. The summed E-state index contributed by atoms with van der Waals surface area (Å²) in [5.74, 6) is -0.431. The molecule has 1 saturated carbocycles. The summed E-state index contributed by atoms with van der Waals surface area (Å²) < 4.78 is 16.9. The predicted molar refractivity (Wildman–Crippen MR) is 67.4 cm³/mol. The third-order valence-electron chi connectivity index (χ3n) is 4.38. The van der Waals surface area contributed by atoms with Crippen LogP contribution in [0.15, 0.2) is 0 Å². The molecule has 0 aromatic heterocycles. The summed E-state index contributed by atoms with van der Waals surface area (Å²) in [6.07, 6.45) is 0.815. The van der Waals surface area contributed by atoms with Crippen LogP contribution in [0.2, 0.25) is 0 Å². The smallest absolute Gasteiger partial charge is 0.303 e. The van der Waals surface area contributed by atoms with Gasteiger partial charge in [0, 0.05) is 13.8 Å². The molecule has 0 spiro atoms. The lowest BCUT2D eigenvalue weighted by Gasteiger charge is -2.42. The molecule has 108 valence electrons. The van der Waals surface area contributed by atoms with Crippen LogP contribution in [0.25, 0.3) is 0 Å². The lowest BCUT2D eigenvalue weighted by molar-refractivity contribution is -0.207. The maximum absolute atomic E-state index is 11.4. The zero-order valence-corrected chi connectivity index (χ0v) is 12.2. The van der Waals surface area contributed by atoms with Gasteiger partial charge in [0.15, 0.2) is 5.60 Å². The van der Waals surface area contributed by atoms with E-state index < -0.39 is 11.7 Å². The van der Waals surface area contributed by atoms with Crippen LogP contribution in [0.5, 0.6) is 0 Å². The average molecular weight is 270 g/mol. The Morgan fingerprint density at radius 2 is 1.74 bits per heavy atom. The van der Waals surface area contributed by atoms with Crippen LogP contribution >= 0.6 is 0 Å². The maximum atomic E-state index is 11.4. The molecule has 0 amide bonds. The number of carbonyl (C=O) groups excluding carboxylic acids is 2. The van der Waals surface area contributed by atoms with Crippen LogP contribution < -0.4 is 0 Å². The van der Waals surface area contributed by atoms with Crippen LogP contribution in [0, 0.1) is 5.92 Å². The normalized spacial score (nSPS) is 39.7. The zero-order valence-electron chi connectivity index (χ0n) is 12.2. The third kappa shape index (κ3) is 2.48. The van der Waals surface area contributed by atoms with Crippen LogP contribution in [0.3, 0.4) is 0 Å². The van der Waals surface area contributed by atoms with E-state index in [4.69, 9.17) is 14.2 Å². The average Bonchev–Trinajstić information content (AvgIpc) is 2.48. The molecular weight excluding hydrogens is 248 g/mol. The topological polar surface area (TPSA) is 61.8 Å². The van der Waals surface area contributed by atoms with Crippen molar-refractivity contribution in [3.05, 3.63) is 0 Å². The number of ether oxygens (including phenoxy) is 3. The van der Waals surface area contributed by atoms with Gasteiger partial charge in [-0.25, -0.2) is 0 Å². The number of hydrogen-bond donors (Lipinski definition) is 0. The number of esters is 2. The lowest BCUT2D eigenvalue weighted by atomic mass is 9.73. The molecule has 2 rings (SSSR count). The van der Waals surface area contributed by atoms with E-state index in [1.165, 1.54) is 13.8 Å². The van der Waals surface area contributed by atoms with Gasteiger partial charge in [-0.1, -0.05) is 0 Å². The van der Waals surface area contributed by atoms with Gasteiger partial charge in [0.1, 0.15) is 12.2 Å². The van der Waals surface area contributed by atoms with E-state index in [2.05, 4.69) is 0 Å². The second kappa shape index (κ2) is 4.47. The first-order valence-corrected chi connectivity index (χ1v) is 6.70. The molecule has 2 bridgehead atoms. The van der Waals surface area contributed by atoms with Gasteiger partial charge < -0.3 is 14.2 Å². The second-order valence-electron chi connectivity index (χ2n) is 6.25. The van der Waals surface area contributed by atoms with Crippen molar-refractivity contribution in [2.24, 2.45) is 5.92 Å². The molecule has 5 heteroatoms. The van der Waals surface area contributed by atoms with Crippen molar-refractivity contribution >= 4 is 11.9 Å². The summed E-state index contributed by atoms with van der Waals surface area (Å²) in [4.78, 5) is 22.6. The number of rotatable bonds is 2. The Balaban J connectivity index is 2.30. The monoisotopic (exact) mass is 270 g/mol. The van der Waals surface area contributed by atoms with Crippen LogP contribution in [0.1, 0.15) is 47.5 Å². The Kier molecular flexibility index (Phi) is 3.37. The molecular formula is C14H22O5. The summed E-state index contributed by atoms with van der Waals surface area (Å²) in [5.41, 5.74) is -1.18. The molecule has 0 N–H and O–H groups in total. The van der Waals surface area contributed by atoms with Crippen molar-refractivity contribution in [2.75, 3.05) is 0 Å². The summed E-state index contributed by atoms with van der Waals surface area (Å²) in [7, 11) is 0. The highest BCUT2D eigenvalue weighted by Crippen LogP contribution is 2.50. The predicted octanol–water partition coefficient (Wildman–Crippen LogP) is 1.83. The first-order valence-electron chi connectivity index (χ1n) is 6.70. The number of carbonyl (C=O) groups is 2. The fraction of sp³-hybridized carbons (Fsp3) is 0.857. The van der Waals surface area contributed by atoms with Crippen molar-refractivity contribution in [1.29, 1.82) is 0 Å². The molecule has 0 radical (unpaired) electrons. The van der Waals surface area contributed by atoms with Gasteiger partial charge in [0.25, 0.3) is 0 Å². The molecule has 5 nitrogen and oxygen atoms in total. The summed E-state index contributed by atoms with van der Waals surface area (Å²) in [6, 6.07) is 0. The maximum Gasteiger partial charge on any atom is 0.303 e. The highest BCUT2D eigenvalue weighted by molar-refractivity contribution is 5.68. The van der Waals surface area contributed by atoms with Gasteiger partial charge in [-0.15, -0.1) is 0 Å². The van der Waals surface area contributed by atoms with E-state index in [0.29, 0.717) is 12.3 Å². The number of hydrogen-bond acceptors (Lipinski definition) is 5. The zero-order chi connectivity index (χ0) is 14.4. The molecule has 2 fully saturated rings. The quantitative estimate of drug-likeness (QED) is 0.716. The van der Waals surface area contributed by atoms with Crippen molar-refractivity contribution in [1.82, 2.24) is 0 Å². The summed E-state index contributed by atoms with van der Waals surface area (Å²) in [5, 5.41) is 0. The Morgan fingerprint density at radius 3 is 2.26 bits per heavy atom. The van der Waals surface area contributed by atoms with E-state index in [1.807, 2.05) is 13.8 Å². The van der Waals surface area contributed by atoms with E-state index in [-0.39, 0.29) is 23.6 Å². The van der Waals surface area contributed by atoms with Gasteiger partial charge in [-0.3, -0.25) is 9.59 Å². The number of fused-ring (bicyclic) bond motifs is 2. The standard InChI is InChI=1S/C14H22O5/c1-8(15)17-11-6-10-7-12(19-13(10,3)4)14(11,5)18-9(2)16/h10-12H,6-7H2,1-5H3/t10?,11?,12?,14-/m0/s1. The molecule has 19 heavy (non-hydrogen) atoms. The molecule has 2 aliphatic rings. The van der Waals surface area contributed by atoms with Gasteiger partial charge >= 0.3 is 11.9 Å². The largest absolute Gasteiger partial charge is 0.458 e. The highest BCUT2D eigenvalue weighted by atomic mass is 16.6. The molecule has 1 heterocycles. The van der Waals surface area contributed by atoms with Crippen LogP contribution in [0.4, 0.5) is 0 Å². The molecule has 4 atom stereocenters. The minimum Gasteiger partial charge on any atom is -0.458 e. The van der Waals surface area contributed by atoms with Crippen molar-refractivity contribution < 1.29 is 23.8 Å². The molecule has 0 aromatic carbocycles. The first kappa shape index (κ1) is 14.3. The summed E-state index contributed by atoms with van der Waals surface area (Å²) in [6.45, 7) is 8.59. The van der Waals surface area contributed by atoms with Gasteiger partial charge in [0.05, 0.1) is 5.60 Å². The molecule has 3 unspecified atom stereocenters. The van der Waals surface area contributed by atoms with Crippen molar-refractivity contribution in [3.8, 4) is 0 Å². The van der Waals surface area contributed by atoms with E-state index in [9.17, 15) is 9.59 Å². The van der Waals surface area contributed by atoms with Gasteiger partial charge in [-0.05, 0) is 39.5 Å². The van der Waals surface area contributed by atoms with E-state index in [0.717, 1.165) is 6.42 Å². The summed E-state index contributed by atoms with van der Waals surface area (Å²) >= 11 is 0. The Labute approximate surface area is 113 Å². The second-order valence-corrected chi connectivity index (χ2v) is 6.25. The third-order valence-corrected chi connectivity index (χ3v) is 4.38. The fourth-order valence-corrected chi connectivity index (χ4v) is 3.29. The lowest BCUT2D eigenvalue weighted by Crippen LogP contribution is -2.56. The van der Waals surface area contributed by atoms with Crippen molar-refractivity contribution in [2.45, 2.75) is 70.9 Å². The van der Waals surface area contributed by atoms with E-state index in [1.54, 1.807) is 6.92 Å². The van der Waals surface area contributed by atoms with Crippen LogP contribution in [-0.2, 0) is 23.8 Å². The van der Waals surface area contributed by atoms with Crippen LogP contribution in [-0.4, -0.2) is 35.3 Å². The first-order chi connectivity index (χ1) is 8.65. The van der Waals surface area contributed by atoms with Crippen molar-refractivity contribution in [3.63, 3.8) is 0 Å². The minimum absolute atomic E-state index is 0.227. The van der Waals surface area contributed by atoms with Gasteiger partial charge in [0.2, 0.25) is 0 Å². The Hall–Kier alpha value is -1.10. The molecule has 0 aromatic rings. The molecule has 1 aliphatic carbocycles. The Bertz CT molecular complexity index is 403. The fourth-order valence-electron chi connectivity index (χ4n) is 3.29. The molecule has 1 saturated heterocycles. The molecule has 1 aliphatic heterocycles. The van der Waals surface area contributed by atoms with Gasteiger partial charge in [-0.2, -0.15) is 0 Å². The SMILES string of the molecule is CC(=O)OC1CC2CC(OC2(C)C)[C@@]1(C)OC(C)=O. The Morgan fingerprint density at radius 1 is 1.11 bits per heavy atom. The van der Waals surface area contributed by atoms with E-state index >= 15 is 0 Å².